The summed E-state index contributed by atoms with van der Waals surface area (Å²) in [6.45, 7) is 10.7. The molecule has 1 heterocycles. The Bertz CT molecular complexity index is 317. The predicted molar refractivity (Wildman–Crippen MR) is 71.3 cm³/mol. The van der Waals surface area contributed by atoms with Gasteiger partial charge in [0.25, 0.3) is 5.91 Å². The number of nitrogens with zero attached hydrogens (tertiary/aromatic N) is 1. The van der Waals surface area contributed by atoms with Crippen LogP contribution in [0.5, 0.6) is 0 Å². The van der Waals surface area contributed by atoms with Crippen LogP contribution in [0.4, 0.5) is 4.79 Å². The lowest BCUT2D eigenvalue weighted by Crippen LogP contribution is -2.53. The van der Waals surface area contributed by atoms with Crippen molar-refractivity contribution in [3.63, 3.8) is 0 Å². The number of carbonyl (C=O) groups is 2. The molecule has 0 aromatic carbocycles. The Hall–Kier alpha value is -1.10. The number of imide groups is 1. The smallest absolute Gasteiger partial charge is 0.322 e. The molecule has 0 aromatic heterocycles. The lowest BCUT2D eigenvalue weighted by Gasteiger charge is -2.31. The van der Waals surface area contributed by atoms with Gasteiger partial charge in [-0.3, -0.25) is 10.1 Å². The van der Waals surface area contributed by atoms with Gasteiger partial charge in [-0.15, -0.1) is 0 Å². The Balaban J connectivity index is 2.63. The van der Waals surface area contributed by atoms with Crippen LogP contribution in [-0.4, -0.2) is 42.0 Å². The third-order valence-electron chi connectivity index (χ3n) is 3.11. The first kappa shape index (κ1) is 15.0. The molecular formula is C13H25N3O2. The molecule has 104 valence electrons. The zero-order chi connectivity index (χ0) is 13.8. The molecule has 0 radical (unpaired) electrons. The number of amides is 3. The first-order chi connectivity index (χ1) is 8.37. The molecule has 5 nitrogen and oxygen atoms in total. The van der Waals surface area contributed by atoms with Crippen molar-refractivity contribution in [2.75, 3.05) is 19.6 Å². The summed E-state index contributed by atoms with van der Waals surface area (Å²) >= 11 is 0. The summed E-state index contributed by atoms with van der Waals surface area (Å²) in [7, 11) is 0. The summed E-state index contributed by atoms with van der Waals surface area (Å²) in [4.78, 5) is 25.3. The molecule has 1 aliphatic heterocycles. The van der Waals surface area contributed by atoms with Crippen LogP contribution in [0.15, 0.2) is 0 Å². The fourth-order valence-corrected chi connectivity index (χ4v) is 2.27. The van der Waals surface area contributed by atoms with Crippen molar-refractivity contribution in [2.45, 2.75) is 46.1 Å². The summed E-state index contributed by atoms with van der Waals surface area (Å²) in [5.74, 6) is 0.323. The summed E-state index contributed by atoms with van der Waals surface area (Å²) in [5, 5.41) is 5.03. The van der Waals surface area contributed by atoms with Gasteiger partial charge in [0.15, 0.2) is 0 Å². The molecule has 1 aliphatic rings. The van der Waals surface area contributed by atoms with Crippen LogP contribution in [0, 0.1) is 5.92 Å². The first-order valence-corrected chi connectivity index (χ1v) is 6.73. The first-order valence-electron chi connectivity index (χ1n) is 6.73. The Kier molecular flexibility index (Phi) is 5.14. The summed E-state index contributed by atoms with van der Waals surface area (Å²) in [6, 6.07) is -0.387. The number of rotatable bonds is 7. The number of hydrogen-bond donors (Lipinski definition) is 2. The molecule has 0 bridgehead atoms. The van der Waals surface area contributed by atoms with Gasteiger partial charge in [0.2, 0.25) is 0 Å². The van der Waals surface area contributed by atoms with E-state index in [0.29, 0.717) is 12.5 Å². The molecule has 0 aliphatic carbocycles. The number of hydrogen-bond acceptors (Lipinski definition) is 3. The van der Waals surface area contributed by atoms with Crippen LogP contribution < -0.4 is 10.6 Å². The van der Waals surface area contributed by atoms with E-state index in [2.05, 4.69) is 36.3 Å². The van der Waals surface area contributed by atoms with Crippen LogP contribution in [0.3, 0.4) is 0 Å². The molecule has 2 N–H and O–H groups in total. The standard InChI is InChI=1S/C13H25N3O2/c1-5-6-7-16(8-10(2)3)9-13(4)11(17)14-12(18)15-13/h10H,5-9H2,1-4H3,(H2,14,15,17,18). The van der Waals surface area contributed by atoms with Crippen molar-refractivity contribution in [3.8, 4) is 0 Å². The Labute approximate surface area is 109 Å². The van der Waals surface area contributed by atoms with E-state index < -0.39 is 5.54 Å². The minimum Gasteiger partial charge on any atom is -0.322 e. The fourth-order valence-electron chi connectivity index (χ4n) is 2.27. The van der Waals surface area contributed by atoms with Gasteiger partial charge in [-0.1, -0.05) is 27.2 Å². The molecule has 3 amide bonds. The topological polar surface area (TPSA) is 61.4 Å². The van der Waals surface area contributed by atoms with Crippen molar-refractivity contribution >= 4 is 11.9 Å². The highest BCUT2D eigenvalue weighted by molar-refractivity contribution is 6.06. The zero-order valence-electron chi connectivity index (χ0n) is 11.9. The maximum absolute atomic E-state index is 11.8. The second-order valence-electron chi connectivity index (χ2n) is 5.72. The average molecular weight is 255 g/mol. The van der Waals surface area contributed by atoms with Crippen LogP contribution in [0.25, 0.3) is 0 Å². The highest BCUT2D eigenvalue weighted by Gasteiger charge is 2.42. The van der Waals surface area contributed by atoms with E-state index in [1.165, 1.54) is 0 Å². The normalized spacial score (nSPS) is 23.7. The molecule has 1 unspecified atom stereocenters. The molecule has 18 heavy (non-hydrogen) atoms. The molecule has 1 fully saturated rings. The van der Waals surface area contributed by atoms with Gasteiger partial charge >= 0.3 is 6.03 Å². The van der Waals surface area contributed by atoms with Gasteiger partial charge in [0.05, 0.1) is 0 Å². The van der Waals surface area contributed by atoms with Gasteiger partial charge in [0.1, 0.15) is 5.54 Å². The molecular weight excluding hydrogens is 230 g/mol. The Morgan fingerprint density at radius 3 is 2.44 bits per heavy atom. The lowest BCUT2D eigenvalue weighted by atomic mass is 10.0. The second kappa shape index (κ2) is 6.18. The van der Waals surface area contributed by atoms with Crippen LogP contribution in [0.2, 0.25) is 0 Å². The molecule has 1 saturated heterocycles. The van der Waals surface area contributed by atoms with E-state index in [0.717, 1.165) is 25.9 Å². The van der Waals surface area contributed by atoms with Crippen molar-refractivity contribution in [1.82, 2.24) is 15.5 Å². The third kappa shape index (κ3) is 3.98. The molecule has 5 heteroatoms. The Morgan fingerprint density at radius 2 is 2.00 bits per heavy atom. The van der Waals surface area contributed by atoms with Crippen molar-refractivity contribution in [2.24, 2.45) is 5.92 Å². The number of urea groups is 1. The average Bonchev–Trinajstić information content (AvgIpc) is 2.48. The number of carbonyl (C=O) groups excluding carboxylic acids is 2. The predicted octanol–water partition coefficient (Wildman–Crippen LogP) is 1.34. The molecule has 0 saturated carbocycles. The van der Waals surface area contributed by atoms with E-state index in [1.807, 2.05) is 0 Å². The van der Waals surface area contributed by atoms with Crippen LogP contribution >= 0.6 is 0 Å². The van der Waals surface area contributed by atoms with Crippen molar-refractivity contribution < 1.29 is 9.59 Å². The van der Waals surface area contributed by atoms with E-state index in [-0.39, 0.29) is 11.9 Å². The largest absolute Gasteiger partial charge is 0.322 e. The van der Waals surface area contributed by atoms with Gasteiger partial charge in [-0.05, 0) is 25.8 Å². The van der Waals surface area contributed by atoms with E-state index >= 15 is 0 Å². The monoisotopic (exact) mass is 255 g/mol. The van der Waals surface area contributed by atoms with Crippen LogP contribution in [0.1, 0.15) is 40.5 Å². The van der Waals surface area contributed by atoms with Gasteiger partial charge in [0, 0.05) is 13.1 Å². The van der Waals surface area contributed by atoms with E-state index in [9.17, 15) is 9.59 Å². The highest BCUT2D eigenvalue weighted by atomic mass is 16.2. The summed E-state index contributed by atoms with van der Waals surface area (Å²) in [5.41, 5.74) is -0.792. The van der Waals surface area contributed by atoms with Crippen molar-refractivity contribution in [1.29, 1.82) is 0 Å². The van der Waals surface area contributed by atoms with E-state index in [4.69, 9.17) is 0 Å². The fraction of sp³-hybridized carbons (Fsp3) is 0.846. The van der Waals surface area contributed by atoms with Gasteiger partial charge < -0.3 is 10.2 Å². The quantitative estimate of drug-likeness (QED) is 0.675. The highest BCUT2D eigenvalue weighted by Crippen LogP contribution is 2.14. The molecule has 0 aromatic rings. The second-order valence-corrected chi connectivity index (χ2v) is 5.72. The lowest BCUT2D eigenvalue weighted by molar-refractivity contribution is -0.124. The Morgan fingerprint density at radius 1 is 1.33 bits per heavy atom. The van der Waals surface area contributed by atoms with E-state index in [1.54, 1.807) is 6.92 Å². The summed E-state index contributed by atoms with van der Waals surface area (Å²) < 4.78 is 0. The van der Waals surface area contributed by atoms with Gasteiger partial charge in [-0.25, -0.2) is 4.79 Å². The maximum Gasteiger partial charge on any atom is 0.322 e. The zero-order valence-corrected chi connectivity index (χ0v) is 11.9. The van der Waals surface area contributed by atoms with Gasteiger partial charge in [-0.2, -0.15) is 0 Å². The van der Waals surface area contributed by atoms with Crippen molar-refractivity contribution in [3.05, 3.63) is 0 Å². The molecule has 1 rings (SSSR count). The maximum atomic E-state index is 11.8. The SMILES string of the molecule is CCCCN(CC(C)C)CC1(C)NC(=O)NC1=O. The minimum atomic E-state index is -0.792. The van der Waals surface area contributed by atoms with Crippen LogP contribution in [-0.2, 0) is 4.79 Å². The number of nitrogens with one attached hydrogen (secondary N) is 2. The molecule has 1 atom stereocenters. The third-order valence-corrected chi connectivity index (χ3v) is 3.11. The minimum absolute atomic E-state index is 0.224. The summed E-state index contributed by atoms with van der Waals surface area (Å²) in [6.07, 6.45) is 2.24. The number of unbranched alkanes of at least 4 members (excludes halogenated alkanes) is 1. The molecule has 0 spiro atoms.